The maximum atomic E-state index is 12.6. The van der Waals surface area contributed by atoms with Crippen LogP contribution in [0.4, 0.5) is 0 Å². The molecule has 0 spiro atoms. The van der Waals surface area contributed by atoms with Crippen LogP contribution in [0.25, 0.3) is 0 Å². The van der Waals surface area contributed by atoms with Gasteiger partial charge in [-0.2, -0.15) is 0 Å². The predicted octanol–water partition coefficient (Wildman–Crippen LogP) is -0.933. The number of nitrogens with one attached hydrogen (secondary N) is 3. The monoisotopic (exact) mass is 408 g/mol. The fourth-order valence-electron chi connectivity index (χ4n) is 3.47. The summed E-state index contributed by atoms with van der Waals surface area (Å²) in [5, 5.41) is 2.98. The fourth-order valence-corrected chi connectivity index (χ4v) is 3.88. The topological polar surface area (TPSA) is 58.3 Å². The number of hydrogen-bond acceptors (Lipinski definition) is 3. The second kappa shape index (κ2) is 12.1. The summed E-state index contributed by atoms with van der Waals surface area (Å²) >= 11 is 1.74. The number of carbonyl (C=O) groups is 2. The zero-order valence-electron chi connectivity index (χ0n) is 17.6. The number of likely N-dealkylation sites (N-methyl/N-ethyl adjacent to an activating group) is 1. The van der Waals surface area contributed by atoms with Gasteiger partial charge in [-0.3, -0.25) is 9.59 Å². The Hall–Kier alpha value is -1.57. The van der Waals surface area contributed by atoms with Gasteiger partial charge < -0.3 is 20.0 Å². The van der Waals surface area contributed by atoms with Gasteiger partial charge in [-0.15, -0.1) is 11.8 Å². The van der Waals surface area contributed by atoms with Crippen molar-refractivity contribution in [2.75, 3.05) is 59.1 Å². The molecule has 28 heavy (non-hydrogen) atoms. The molecule has 0 saturated carbocycles. The van der Waals surface area contributed by atoms with Crippen LogP contribution in [0.2, 0.25) is 0 Å². The maximum absolute atomic E-state index is 12.6. The Balaban J connectivity index is 1.68. The summed E-state index contributed by atoms with van der Waals surface area (Å²) in [5.74, 6) is 0.338. The van der Waals surface area contributed by atoms with Crippen LogP contribution in [0, 0.1) is 0 Å². The van der Waals surface area contributed by atoms with E-state index in [9.17, 15) is 9.59 Å². The van der Waals surface area contributed by atoms with Crippen molar-refractivity contribution in [3.8, 4) is 0 Å². The summed E-state index contributed by atoms with van der Waals surface area (Å²) in [4.78, 5) is 30.2. The molecular weight excluding hydrogens is 372 g/mol. The molecule has 3 N–H and O–H groups in total. The third-order valence-electron chi connectivity index (χ3n) is 5.20. The first-order chi connectivity index (χ1) is 13.5. The summed E-state index contributed by atoms with van der Waals surface area (Å²) in [7, 11) is 2.07. The molecule has 1 atom stereocenters. The molecule has 1 aromatic carbocycles. The minimum atomic E-state index is 0.125. The summed E-state index contributed by atoms with van der Waals surface area (Å²) in [6.07, 6.45) is 4.19. The molecule has 0 bridgehead atoms. The Morgan fingerprint density at radius 3 is 2.50 bits per heavy atom. The van der Waals surface area contributed by atoms with E-state index in [1.165, 1.54) is 20.3 Å². The van der Waals surface area contributed by atoms with Crippen LogP contribution in [-0.4, -0.2) is 75.8 Å². The molecule has 7 heteroatoms. The van der Waals surface area contributed by atoms with Gasteiger partial charge in [-0.05, 0) is 24.8 Å². The summed E-state index contributed by atoms with van der Waals surface area (Å²) in [6.45, 7) is 7.95. The number of thioether (sulfide) groups is 1. The third kappa shape index (κ3) is 7.81. The van der Waals surface area contributed by atoms with Gasteiger partial charge in [0.2, 0.25) is 0 Å². The van der Waals surface area contributed by atoms with Crippen LogP contribution < -0.4 is 15.1 Å². The average Bonchev–Trinajstić information content (AvgIpc) is 2.69. The molecule has 1 heterocycles. The van der Waals surface area contributed by atoms with Crippen molar-refractivity contribution < 1.29 is 19.4 Å². The Labute approximate surface area is 173 Å². The van der Waals surface area contributed by atoms with Crippen molar-refractivity contribution in [3.63, 3.8) is 0 Å². The van der Waals surface area contributed by atoms with Crippen LogP contribution >= 0.6 is 11.8 Å². The number of nitrogens with zero attached hydrogens (tertiary/aromatic N) is 1. The van der Waals surface area contributed by atoms with E-state index in [2.05, 4.69) is 49.8 Å². The molecule has 156 valence electrons. The van der Waals surface area contributed by atoms with Crippen LogP contribution in [0.1, 0.15) is 25.3 Å². The van der Waals surface area contributed by atoms with E-state index in [-0.39, 0.29) is 11.8 Å². The number of hydrogen-bond donors (Lipinski definition) is 3. The number of quaternary nitrogens is 2. The minimum absolute atomic E-state index is 0.125. The first kappa shape index (κ1) is 22.7. The van der Waals surface area contributed by atoms with E-state index in [4.69, 9.17) is 0 Å². The number of carbonyl (C=O) groups excluding carboxylic acids is 2. The highest BCUT2D eigenvalue weighted by Crippen LogP contribution is 2.14. The quantitative estimate of drug-likeness (QED) is 0.346. The summed E-state index contributed by atoms with van der Waals surface area (Å²) < 4.78 is 0. The van der Waals surface area contributed by atoms with Gasteiger partial charge in [-0.25, -0.2) is 0 Å². The zero-order valence-corrected chi connectivity index (χ0v) is 18.4. The number of unbranched alkanes of at least 4 members (excludes halogenated alkanes) is 1. The molecule has 1 aliphatic rings. The molecule has 2 amide bonds. The van der Waals surface area contributed by atoms with Gasteiger partial charge in [0.1, 0.15) is 6.54 Å². The van der Waals surface area contributed by atoms with E-state index in [0.29, 0.717) is 13.1 Å². The van der Waals surface area contributed by atoms with E-state index in [1.807, 2.05) is 4.90 Å². The van der Waals surface area contributed by atoms with Crippen molar-refractivity contribution in [2.24, 2.45) is 0 Å². The molecule has 1 fully saturated rings. The minimum Gasteiger partial charge on any atom is -0.351 e. The van der Waals surface area contributed by atoms with E-state index in [0.717, 1.165) is 52.1 Å². The highest BCUT2D eigenvalue weighted by Gasteiger charge is 2.26. The number of rotatable bonds is 10. The van der Waals surface area contributed by atoms with Crippen molar-refractivity contribution >= 4 is 23.6 Å². The van der Waals surface area contributed by atoms with Gasteiger partial charge >= 0.3 is 0 Å². The van der Waals surface area contributed by atoms with Crippen molar-refractivity contribution in [1.29, 1.82) is 0 Å². The predicted molar refractivity (Wildman–Crippen MR) is 114 cm³/mol. The Bertz CT molecular complexity index is 615. The summed E-state index contributed by atoms with van der Waals surface area (Å²) in [5.41, 5.74) is 1.26. The van der Waals surface area contributed by atoms with Gasteiger partial charge in [0.15, 0.2) is 13.1 Å². The summed E-state index contributed by atoms with van der Waals surface area (Å²) in [6, 6.07) is 8.56. The second-order valence-electron chi connectivity index (χ2n) is 7.67. The highest BCUT2D eigenvalue weighted by atomic mass is 32.2. The van der Waals surface area contributed by atoms with Crippen molar-refractivity contribution in [1.82, 2.24) is 10.2 Å². The van der Waals surface area contributed by atoms with Gasteiger partial charge in [-0.1, -0.05) is 25.5 Å². The van der Waals surface area contributed by atoms with E-state index in [1.54, 1.807) is 11.8 Å². The first-order valence-electron chi connectivity index (χ1n) is 10.3. The lowest BCUT2D eigenvalue weighted by Gasteiger charge is -2.32. The van der Waals surface area contributed by atoms with Crippen LogP contribution in [0.3, 0.4) is 0 Å². The molecule has 1 unspecified atom stereocenters. The lowest BCUT2D eigenvalue weighted by Crippen LogP contribution is -3.16. The Morgan fingerprint density at radius 2 is 1.89 bits per heavy atom. The van der Waals surface area contributed by atoms with Crippen LogP contribution in [0.15, 0.2) is 29.2 Å². The molecule has 1 aromatic rings. The van der Waals surface area contributed by atoms with Crippen LogP contribution in [0.5, 0.6) is 0 Å². The SMILES string of the molecule is CCCCNC(=O)C[NH+]1CCN(C(=O)C[NH+](C)Cc2ccc(SC)cc2)CC1. The van der Waals surface area contributed by atoms with Gasteiger partial charge in [0.05, 0.1) is 33.2 Å². The number of piperazine rings is 1. The number of benzene rings is 1. The maximum Gasteiger partial charge on any atom is 0.278 e. The number of amides is 2. The molecule has 2 rings (SSSR count). The normalized spacial score (nSPS) is 16.0. The van der Waals surface area contributed by atoms with E-state index >= 15 is 0 Å². The Kier molecular flexibility index (Phi) is 9.81. The molecule has 1 saturated heterocycles. The smallest absolute Gasteiger partial charge is 0.278 e. The molecule has 1 aliphatic heterocycles. The molecular formula is C21H36N4O2S+2. The van der Waals surface area contributed by atoms with Crippen molar-refractivity contribution in [3.05, 3.63) is 29.8 Å². The lowest BCUT2D eigenvalue weighted by atomic mass is 10.2. The first-order valence-corrected chi connectivity index (χ1v) is 11.6. The average molecular weight is 409 g/mol. The lowest BCUT2D eigenvalue weighted by molar-refractivity contribution is -0.897. The standard InChI is InChI=1S/C21H34N4O2S/c1-4-5-10-22-20(26)16-24-11-13-25(14-12-24)21(27)17-23(2)15-18-6-8-19(28-3)9-7-18/h6-9H,4-5,10-17H2,1-3H3,(H,22,26)/p+2. The third-order valence-corrected chi connectivity index (χ3v) is 5.95. The van der Waals surface area contributed by atoms with Gasteiger partial charge in [0.25, 0.3) is 11.8 Å². The fraction of sp³-hybridized carbons (Fsp3) is 0.619. The van der Waals surface area contributed by atoms with Gasteiger partial charge in [0, 0.05) is 17.0 Å². The second-order valence-corrected chi connectivity index (χ2v) is 8.55. The Morgan fingerprint density at radius 1 is 1.21 bits per heavy atom. The largest absolute Gasteiger partial charge is 0.351 e. The molecule has 0 radical (unpaired) electrons. The van der Waals surface area contributed by atoms with Crippen molar-refractivity contribution in [2.45, 2.75) is 31.2 Å². The zero-order chi connectivity index (χ0) is 20.4. The van der Waals surface area contributed by atoms with Crippen LogP contribution in [-0.2, 0) is 16.1 Å². The molecule has 0 aliphatic carbocycles. The van der Waals surface area contributed by atoms with E-state index < -0.39 is 0 Å². The molecule has 6 nitrogen and oxygen atoms in total. The molecule has 0 aromatic heterocycles. The highest BCUT2D eigenvalue weighted by molar-refractivity contribution is 7.98.